The number of nitrogens with one attached hydrogen (secondary N) is 1. The van der Waals surface area contributed by atoms with Crippen molar-refractivity contribution in [3.8, 4) is 11.5 Å². The fourth-order valence-corrected chi connectivity index (χ4v) is 3.43. The van der Waals surface area contributed by atoms with Gasteiger partial charge < -0.3 is 19.7 Å². The molecule has 3 aromatic rings. The van der Waals surface area contributed by atoms with Crippen LogP contribution in [0, 0.1) is 6.92 Å². The summed E-state index contributed by atoms with van der Waals surface area (Å²) in [5.74, 6) is 0.938. The lowest BCUT2D eigenvalue weighted by molar-refractivity contribution is -0.121. The maximum absolute atomic E-state index is 13.1. The maximum atomic E-state index is 13.1. The van der Waals surface area contributed by atoms with Crippen molar-refractivity contribution in [1.29, 1.82) is 0 Å². The van der Waals surface area contributed by atoms with E-state index in [9.17, 15) is 9.59 Å². The first kappa shape index (κ1) is 24.7. The van der Waals surface area contributed by atoms with Crippen LogP contribution in [-0.2, 0) is 17.8 Å². The van der Waals surface area contributed by atoms with Gasteiger partial charge in [-0.2, -0.15) is 0 Å². The van der Waals surface area contributed by atoms with Crippen LogP contribution < -0.4 is 14.8 Å². The van der Waals surface area contributed by atoms with Gasteiger partial charge in [0, 0.05) is 32.3 Å². The Bertz CT molecular complexity index is 1090. The Kier molecular flexibility index (Phi) is 8.96. The number of aryl methyl sites for hydroxylation is 1. The molecule has 0 radical (unpaired) electrons. The molecule has 3 rings (SSSR count). The molecule has 0 spiro atoms. The molecule has 2 amide bonds. The van der Waals surface area contributed by atoms with E-state index in [4.69, 9.17) is 9.47 Å². The summed E-state index contributed by atoms with van der Waals surface area (Å²) in [6, 6.07) is 15.3. The molecule has 0 aliphatic rings. The standard InChI is InChI=1S/C26H30N4O4/c1-19-16-29-22(17-28-19)26(32)30(18-21-7-5-4-6-8-21)14-12-25(31)27-13-11-20-9-10-23(33-2)24(15-20)34-3/h4-10,15-17H,11-14,18H2,1-3H3,(H,27,31). The summed E-state index contributed by atoms with van der Waals surface area (Å²) in [5.41, 5.74) is 3.00. The van der Waals surface area contributed by atoms with Crippen molar-refractivity contribution in [3.63, 3.8) is 0 Å². The Morgan fingerprint density at radius 3 is 2.38 bits per heavy atom. The fraction of sp³-hybridized carbons (Fsp3) is 0.308. The second-order valence-electron chi connectivity index (χ2n) is 7.79. The van der Waals surface area contributed by atoms with Gasteiger partial charge in [-0.15, -0.1) is 0 Å². The number of nitrogens with zero attached hydrogens (tertiary/aromatic N) is 3. The van der Waals surface area contributed by atoms with Crippen molar-refractivity contribution in [2.75, 3.05) is 27.3 Å². The molecule has 0 saturated heterocycles. The van der Waals surface area contributed by atoms with Crippen LogP contribution in [0.5, 0.6) is 11.5 Å². The van der Waals surface area contributed by atoms with E-state index in [1.54, 1.807) is 25.3 Å². The first-order valence-corrected chi connectivity index (χ1v) is 11.1. The number of rotatable bonds is 11. The number of hydrogen-bond donors (Lipinski definition) is 1. The molecule has 0 aliphatic heterocycles. The van der Waals surface area contributed by atoms with Gasteiger partial charge in [0.15, 0.2) is 11.5 Å². The first-order valence-electron chi connectivity index (χ1n) is 11.1. The largest absolute Gasteiger partial charge is 0.493 e. The lowest BCUT2D eigenvalue weighted by Crippen LogP contribution is -2.35. The summed E-state index contributed by atoms with van der Waals surface area (Å²) in [6.45, 7) is 2.94. The molecule has 1 heterocycles. The molecule has 178 valence electrons. The quantitative estimate of drug-likeness (QED) is 0.470. The van der Waals surface area contributed by atoms with Crippen LogP contribution in [0.4, 0.5) is 0 Å². The van der Waals surface area contributed by atoms with Gasteiger partial charge in [0.05, 0.1) is 26.1 Å². The van der Waals surface area contributed by atoms with Crippen molar-refractivity contribution < 1.29 is 19.1 Å². The van der Waals surface area contributed by atoms with Gasteiger partial charge in [0.25, 0.3) is 5.91 Å². The number of hydrogen-bond acceptors (Lipinski definition) is 6. The molecule has 34 heavy (non-hydrogen) atoms. The molecule has 0 unspecified atom stereocenters. The van der Waals surface area contributed by atoms with E-state index in [1.165, 1.54) is 6.20 Å². The van der Waals surface area contributed by atoms with E-state index in [0.29, 0.717) is 31.0 Å². The Morgan fingerprint density at radius 2 is 1.71 bits per heavy atom. The predicted octanol–water partition coefficient (Wildman–Crippen LogP) is 3.19. The Balaban J connectivity index is 1.56. The van der Waals surface area contributed by atoms with Gasteiger partial charge in [-0.25, -0.2) is 4.98 Å². The molecule has 8 heteroatoms. The maximum Gasteiger partial charge on any atom is 0.274 e. The minimum atomic E-state index is -0.255. The lowest BCUT2D eigenvalue weighted by Gasteiger charge is -2.22. The van der Waals surface area contributed by atoms with E-state index < -0.39 is 0 Å². The number of methoxy groups -OCH3 is 2. The molecule has 0 fully saturated rings. The van der Waals surface area contributed by atoms with Crippen molar-refractivity contribution in [3.05, 3.63) is 83.4 Å². The summed E-state index contributed by atoms with van der Waals surface area (Å²) in [7, 11) is 3.18. The second kappa shape index (κ2) is 12.3. The third kappa shape index (κ3) is 7.03. The van der Waals surface area contributed by atoms with Crippen molar-refractivity contribution in [2.24, 2.45) is 0 Å². The number of aromatic nitrogens is 2. The van der Waals surface area contributed by atoms with Gasteiger partial charge in [-0.1, -0.05) is 36.4 Å². The van der Waals surface area contributed by atoms with Gasteiger partial charge in [0.1, 0.15) is 5.69 Å². The summed E-state index contributed by atoms with van der Waals surface area (Å²) in [6.07, 6.45) is 3.87. The normalized spacial score (nSPS) is 10.4. The van der Waals surface area contributed by atoms with Crippen molar-refractivity contribution >= 4 is 11.8 Å². The van der Waals surface area contributed by atoms with Crippen molar-refractivity contribution in [2.45, 2.75) is 26.3 Å². The zero-order chi connectivity index (χ0) is 24.3. The molecule has 0 saturated carbocycles. The average Bonchev–Trinajstić information content (AvgIpc) is 2.87. The number of benzene rings is 2. The summed E-state index contributed by atoms with van der Waals surface area (Å²) >= 11 is 0. The van der Waals surface area contributed by atoms with Crippen LogP contribution in [0.25, 0.3) is 0 Å². The summed E-state index contributed by atoms with van der Waals surface area (Å²) in [5, 5.41) is 2.93. The third-order valence-electron chi connectivity index (χ3n) is 5.30. The van der Waals surface area contributed by atoms with Crippen LogP contribution in [0.1, 0.15) is 33.7 Å². The Labute approximate surface area is 199 Å². The number of ether oxygens (including phenoxy) is 2. The number of amides is 2. The number of carbonyl (C=O) groups excluding carboxylic acids is 2. The van der Waals surface area contributed by atoms with E-state index >= 15 is 0 Å². The highest BCUT2D eigenvalue weighted by atomic mass is 16.5. The van der Waals surface area contributed by atoms with Gasteiger partial charge in [-0.3, -0.25) is 14.6 Å². The van der Waals surface area contributed by atoms with E-state index in [-0.39, 0.29) is 30.5 Å². The third-order valence-corrected chi connectivity index (χ3v) is 5.30. The molecule has 1 N–H and O–H groups in total. The monoisotopic (exact) mass is 462 g/mol. The molecule has 0 aliphatic carbocycles. The molecular formula is C26H30N4O4. The topological polar surface area (TPSA) is 93.7 Å². The highest BCUT2D eigenvalue weighted by Gasteiger charge is 2.19. The molecule has 1 aromatic heterocycles. The predicted molar refractivity (Wildman–Crippen MR) is 129 cm³/mol. The summed E-state index contributed by atoms with van der Waals surface area (Å²) < 4.78 is 10.6. The average molecular weight is 463 g/mol. The molecule has 0 atom stereocenters. The van der Waals surface area contributed by atoms with E-state index in [2.05, 4.69) is 15.3 Å². The van der Waals surface area contributed by atoms with Crippen LogP contribution in [0.15, 0.2) is 60.9 Å². The fourth-order valence-electron chi connectivity index (χ4n) is 3.43. The minimum Gasteiger partial charge on any atom is -0.493 e. The zero-order valence-electron chi connectivity index (χ0n) is 19.8. The molecular weight excluding hydrogens is 432 g/mol. The highest BCUT2D eigenvalue weighted by Crippen LogP contribution is 2.27. The van der Waals surface area contributed by atoms with Gasteiger partial charge >= 0.3 is 0 Å². The zero-order valence-corrected chi connectivity index (χ0v) is 19.8. The number of carbonyl (C=O) groups is 2. The van der Waals surface area contributed by atoms with E-state index in [1.807, 2.05) is 55.5 Å². The Morgan fingerprint density at radius 1 is 0.941 bits per heavy atom. The van der Waals surface area contributed by atoms with E-state index in [0.717, 1.165) is 16.8 Å². The van der Waals surface area contributed by atoms with Crippen LogP contribution in [0.3, 0.4) is 0 Å². The smallest absolute Gasteiger partial charge is 0.274 e. The Hall–Kier alpha value is -3.94. The lowest BCUT2D eigenvalue weighted by atomic mass is 10.1. The molecule has 2 aromatic carbocycles. The summed E-state index contributed by atoms with van der Waals surface area (Å²) in [4.78, 5) is 35.6. The van der Waals surface area contributed by atoms with Crippen molar-refractivity contribution in [1.82, 2.24) is 20.2 Å². The second-order valence-corrected chi connectivity index (χ2v) is 7.79. The SMILES string of the molecule is COc1ccc(CCNC(=O)CCN(Cc2ccccc2)C(=O)c2cnc(C)cn2)cc1OC. The van der Waals surface area contributed by atoms with Crippen LogP contribution >= 0.6 is 0 Å². The van der Waals surface area contributed by atoms with Crippen LogP contribution in [-0.4, -0.2) is 54.0 Å². The van der Waals surface area contributed by atoms with Crippen LogP contribution in [0.2, 0.25) is 0 Å². The minimum absolute atomic E-state index is 0.124. The highest BCUT2D eigenvalue weighted by molar-refractivity contribution is 5.92. The van der Waals surface area contributed by atoms with Gasteiger partial charge in [0.2, 0.25) is 5.91 Å². The molecule has 8 nitrogen and oxygen atoms in total. The molecule has 0 bridgehead atoms. The first-order chi connectivity index (χ1) is 16.5. The van der Waals surface area contributed by atoms with Gasteiger partial charge in [-0.05, 0) is 36.6 Å².